The molecule has 2 N–H and O–H groups in total. The number of carboxylic acids is 1. The number of amides is 1. The van der Waals surface area contributed by atoms with Crippen molar-refractivity contribution in [3.8, 4) is 0 Å². The molecule has 0 heterocycles. The second-order valence-corrected chi connectivity index (χ2v) is 5.47. The number of aliphatic carboxylic acids is 1. The highest BCUT2D eigenvalue weighted by Gasteiger charge is 2.28. The van der Waals surface area contributed by atoms with Gasteiger partial charge in [0.2, 0.25) is 5.91 Å². The van der Waals surface area contributed by atoms with Gasteiger partial charge in [0, 0.05) is 12.0 Å². The van der Waals surface area contributed by atoms with Gasteiger partial charge in [0.1, 0.15) is 0 Å². The Morgan fingerprint density at radius 3 is 2.40 bits per heavy atom. The summed E-state index contributed by atoms with van der Waals surface area (Å²) in [5, 5.41) is 11.8. The van der Waals surface area contributed by atoms with Crippen LogP contribution in [0.3, 0.4) is 0 Å². The fraction of sp³-hybridized carbons (Fsp3) is 0.500. The van der Waals surface area contributed by atoms with Gasteiger partial charge in [0.15, 0.2) is 0 Å². The first-order chi connectivity index (χ1) is 9.60. The zero-order valence-electron chi connectivity index (χ0n) is 11.8. The first kappa shape index (κ1) is 14.6. The summed E-state index contributed by atoms with van der Waals surface area (Å²) in [5.74, 6) is -0.931. The van der Waals surface area contributed by atoms with E-state index in [1.165, 1.54) is 11.1 Å². The molecule has 0 bridgehead atoms. The molecule has 0 aromatic heterocycles. The molecule has 4 heteroatoms. The molecule has 1 aromatic carbocycles. The predicted octanol–water partition coefficient (Wildman–Crippen LogP) is 2.16. The van der Waals surface area contributed by atoms with Crippen LogP contribution in [0.2, 0.25) is 0 Å². The van der Waals surface area contributed by atoms with Gasteiger partial charge in [-0.05, 0) is 30.4 Å². The molecule has 1 aliphatic carbocycles. The summed E-state index contributed by atoms with van der Waals surface area (Å²) < 4.78 is 0. The van der Waals surface area contributed by atoms with Crippen LogP contribution in [0, 0.1) is 5.92 Å². The van der Waals surface area contributed by atoms with E-state index >= 15 is 0 Å². The van der Waals surface area contributed by atoms with Crippen molar-refractivity contribution in [2.75, 3.05) is 0 Å². The third-order valence-electron chi connectivity index (χ3n) is 3.83. The Hall–Kier alpha value is -1.84. The van der Waals surface area contributed by atoms with Crippen LogP contribution in [0.5, 0.6) is 0 Å². The number of hydrogen-bond acceptors (Lipinski definition) is 2. The third kappa shape index (κ3) is 3.59. The molecule has 0 saturated heterocycles. The van der Waals surface area contributed by atoms with Gasteiger partial charge < -0.3 is 10.4 Å². The lowest BCUT2D eigenvalue weighted by Crippen LogP contribution is -2.40. The first-order valence-electron chi connectivity index (χ1n) is 7.19. The Bertz CT molecular complexity index is 473. The van der Waals surface area contributed by atoms with E-state index in [0.717, 1.165) is 19.3 Å². The summed E-state index contributed by atoms with van der Waals surface area (Å²) >= 11 is 0. The molecule has 0 radical (unpaired) electrons. The SMILES string of the molecule is CCCC(CC(=O)O)NC(=O)C1Cc2ccccc2C1. The molecule has 1 amide bonds. The largest absolute Gasteiger partial charge is 0.481 e. The Labute approximate surface area is 119 Å². The standard InChI is InChI=1S/C16H21NO3/c1-2-5-14(10-15(18)19)17-16(20)13-8-11-6-3-4-7-12(11)9-13/h3-4,6-7,13-14H,2,5,8-10H2,1H3,(H,17,20)(H,18,19). The van der Waals surface area contributed by atoms with Gasteiger partial charge in [-0.3, -0.25) is 9.59 Å². The minimum absolute atomic E-state index is 0.000746. The highest BCUT2D eigenvalue weighted by molar-refractivity contribution is 5.81. The molecule has 0 fully saturated rings. The lowest BCUT2D eigenvalue weighted by molar-refractivity contribution is -0.137. The van der Waals surface area contributed by atoms with Crippen molar-refractivity contribution in [1.29, 1.82) is 0 Å². The number of carbonyl (C=O) groups is 2. The van der Waals surface area contributed by atoms with Crippen LogP contribution < -0.4 is 5.32 Å². The van der Waals surface area contributed by atoms with Crippen molar-refractivity contribution < 1.29 is 14.7 Å². The molecule has 1 aromatic rings. The third-order valence-corrected chi connectivity index (χ3v) is 3.83. The molecule has 1 unspecified atom stereocenters. The summed E-state index contributed by atoms with van der Waals surface area (Å²) in [5.41, 5.74) is 2.47. The topological polar surface area (TPSA) is 66.4 Å². The van der Waals surface area contributed by atoms with E-state index in [9.17, 15) is 9.59 Å². The number of fused-ring (bicyclic) bond motifs is 1. The number of carbonyl (C=O) groups excluding carboxylic acids is 1. The second-order valence-electron chi connectivity index (χ2n) is 5.47. The van der Waals surface area contributed by atoms with E-state index in [4.69, 9.17) is 5.11 Å². The van der Waals surface area contributed by atoms with Gasteiger partial charge >= 0.3 is 5.97 Å². The number of hydrogen-bond donors (Lipinski definition) is 2. The molecular formula is C16H21NO3. The van der Waals surface area contributed by atoms with Crippen LogP contribution in [0.1, 0.15) is 37.3 Å². The van der Waals surface area contributed by atoms with E-state index in [0.29, 0.717) is 6.42 Å². The highest BCUT2D eigenvalue weighted by Crippen LogP contribution is 2.26. The molecule has 108 valence electrons. The monoisotopic (exact) mass is 275 g/mol. The maximum Gasteiger partial charge on any atom is 0.305 e. The average Bonchev–Trinajstić information content (AvgIpc) is 2.82. The molecule has 0 saturated carbocycles. The molecule has 1 atom stereocenters. The lowest BCUT2D eigenvalue weighted by atomic mass is 10.0. The van der Waals surface area contributed by atoms with E-state index in [1.54, 1.807) is 0 Å². The van der Waals surface area contributed by atoms with E-state index in [-0.39, 0.29) is 24.3 Å². The molecule has 0 spiro atoms. The maximum absolute atomic E-state index is 12.3. The van der Waals surface area contributed by atoms with Crippen molar-refractivity contribution >= 4 is 11.9 Å². The van der Waals surface area contributed by atoms with Gasteiger partial charge in [-0.1, -0.05) is 37.6 Å². The fourth-order valence-electron chi connectivity index (χ4n) is 2.85. The van der Waals surface area contributed by atoms with Crippen LogP contribution in [0.25, 0.3) is 0 Å². The second kappa shape index (κ2) is 6.55. The number of benzene rings is 1. The number of rotatable bonds is 6. The average molecular weight is 275 g/mol. The number of nitrogens with one attached hydrogen (secondary N) is 1. The van der Waals surface area contributed by atoms with Crippen LogP contribution in [0.15, 0.2) is 24.3 Å². The van der Waals surface area contributed by atoms with Gasteiger partial charge in [-0.2, -0.15) is 0 Å². The quantitative estimate of drug-likeness (QED) is 0.836. The summed E-state index contributed by atoms with van der Waals surface area (Å²) in [7, 11) is 0. The molecule has 1 aliphatic rings. The van der Waals surface area contributed by atoms with Crippen LogP contribution >= 0.6 is 0 Å². The van der Waals surface area contributed by atoms with Crippen molar-refractivity contribution in [3.05, 3.63) is 35.4 Å². The van der Waals surface area contributed by atoms with Gasteiger partial charge in [0.25, 0.3) is 0 Å². The van der Waals surface area contributed by atoms with Crippen molar-refractivity contribution in [2.45, 2.75) is 45.1 Å². The Kier molecular flexibility index (Phi) is 4.77. The molecule has 2 rings (SSSR count). The van der Waals surface area contributed by atoms with Crippen LogP contribution in [-0.4, -0.2) is 23.0 Å². The zero-order chi connectivity index (χ0) is 14.5. The summed E-state index contributed by atoms with van der Waals surface area (Å²) in [4.78, 5) is 23.1. The normalized spacial score (nSPS) is 15.7. The Balaban J connectivity index is 1.93. The van der Waals surface area contributed by atoms with E-state index in [2.05, 4.69) is 17.4 Å². The summed E-state index contributed by atoms with van der Waals surface area (Å²) in [6.07, 6.45) is 3.09. The van der Waals surface area contributed by atoms with E-state index < -0.39 is 5.97 Å². The van der Waals surface area contributed by atoms with Gasteiger partial charge in [0.05, 0.1) is 6.42 Å². The van der Waals surface area contributed by atoms with Crippen molar-refractivity contribution in [2.24, 2.45) is 5.92 Å². The number of carboxylic acid groups (broad SMARTS) is 1. The lowest BCUT2D eigenvalue weighted by Gasteiger charge is -2.18. The maximum atomic E-state index is 12.3. The van der Waals surface area contributed by atoms with Gasteiger partial charge in [-0.15, -0.1) is 0 Å². The Morgan fingerprint density at radius 2 is 1.90 bits per heavy atom. The summed E-state index contributed by atoms with van der Waals surface area (Å²) in [6.45, 7) is 1.99. The van der Waals surface area contributed by atoms with Crippen molar-refractivity contribution in [1.82, 2.24) is 5.32 Å². The minimum atomic E-state index is -0.863. The zero-order valence-corrected chi connectivity index (χ0v) is 11.8. The molecule has 20 heavy (non-hydrogen) atoms. The molecule has 0 aliphatic heterocycles. The molecular weight excluding hydrogens is 254 g/mol. The van der Waals surface area contributed by atoms with E-state index in [1.807, 2.05) is 19.1 Å². The smallest absolute Gasteiger partial charge is 0.305 e. The Morgan fingerprint density at radius 1 is 1.30 bits per heavy atom. The van der Waals surface area contributed by atoms with Gasteiger partial charge in [-0.25, -0.2) is 0 Å². The fourth-order valence-corrected chi connectivity index (χ4v) is 2.85. The van der Waals surface area contributed by atoms with Crippen LogP contribution in [0.4, 0.5) is 0 Å². The minimum Gasteiger partial charge on any atom is -0.481 e. The first-order valence-corrected chi connectivity index (χ1v) is 7.19. The molecule has 4 nitrogen and oxygen atoms in total. The predicted molar refractivity (Wildman–Crippen MR) is 76.4 cm³/mol. The van der Waals surface area contributed by atoms with Crippen LogP contribution in [-0.2, 0) is 22.4 Å². The van der Waals surface area contributed by atoms with Crippen molar-refractivity contribution in [3.63, 3.8) is 0 Å². The summed E-state index contributed by atoms with van der Waals surface area (Å²) in [6, 6.07) is 7.84. The highest BCUT2D eigenvalue weighted by atomic mass is 16.4.